The summed E-state index contributed by atoms with van der Waals surface area (Å²) in [6.45, 7) is 3.57. The monoisotopic (exact) mass is 410 g/mol. The minimum Gasteiger partial charge on any atom is -0.477 e. The number of rotatable bonds is 5. The van der Waals surface area contributed by atoms with Crippen LogP contribution in [0.4, 0.5) is 5.69 Å². The topological polar surface area (TPSA) is 59.4 Å². The number of halogens is 1. The molecule has 0 spiro atoms. The Morgan fingerprint density at radius 2 is 1.90 bits per heavy atom. The third-order valence-electron chi connectivity index (χ3n) is 5.11. The Hall–Kier alpha value is -2.99. The van der Waals surface area contributed by atoms with E-state index in [1.165, 1.54) is 0 Å². The summed E-state index contributed by atoms with van der Waals surface area (Å²) in [6.07, 6.45) is -0.576. The van der Waals surface area contributed by atoms with Crippen LogP contribution in [-0.4, -0.2) is 35.4 Å². The zero-order valence-corrected chi connectivity index (χ0v) is 17.2. The molecular formula is C22H23ClN4O2. The van der Waals surface area contributed by atoms with Crippen LogP contribution in [0, 0.1) is 6.92 Å². The van der Waals surface area contributed by atoms with Crippen molar-refractivity contribution in [2.75, 3.05) is 18.5 Å². The third kappa shape index (κ3) is 3.93. The molecule has 1 aromatic heterocycles. The van der Waals surface area contributed by atoms with Gasteiger partial charge in [0.05, 0.1) is 24.5 Å². The number of benzene rings is 2. The van der Waals surface area contributed by atoms with Gasteiger partial charge in [-0.05, 0) is 24.6 Å². The smallest absolute Gasteiger partial charge is 0.262 e. The number of nitrogens with zero attached hydrogens (tertiary/aromatic N) is 3. The zero-order chi connectivity index (χ0) is 20.4. The minimum absolute atomic E-state index is 0.146. The van der Waals surface area contributed by atoms with Crippen molar-refractivity contribution < 1.29 is 9.53 Å². The summed E-state index contributed by atoms with van der Waals surface area (Å²) in [6, 6.07) is 17.8. The molecule has 7 heteroatoms. The average Bonchev–Trinajstić information content (AvgIpc) is 3.01. The molecule has 2 aromatic carbocycles. The Morgan fingerprint density at radius 3 is 2.66 bits per heavy atom. The molecule has 1 aliphatic rings. The van der Waals surface area contributed by atoms with Gasteiger partial charge < -0.3 is 15.0 Å². The zero-order valence-electron chi connectivity index (χ0n) is 16.4. The normalized spacial score (nSPS) is 15.6. The van der Waals surface area contributed by atoms with E-state index >= 15 is 0 Å². The number of aryl methyl sites for hydroxylation is 1. The molecule has 0 saturated heterocycles. The van der Waals surface area contributed by atoms with Crippen LogP contribution in [0.2, 0.25) is 5.15 Å². The summed E-state index contributed by atoms with van der Waals surface area (Å²) < 4.78 is 7.71. The average molecular weight is 411 g/mol. The Kier molecular flexibility index (Phi) is 5.45. The first-order chi connectivity index (χ1) is 14.1. The van der Waals surface area contributed by atoms with E-state index in [9.17, 15) is 4.79 Å². The number of amides is 1. The molecule has 4 rings (SSSR count). The van der Waals surface area contributed by atoms with Crippen molar-refractivity contribution in [1.82, 2.24) is 15.1 Å². The second-order valence-electron chi connectivity index (χ2n) is 7.07. The molecule has 150 valence electrons. The van der Waals surface area contributed by atoms with Crippen molar-refractivity contribution in [3.8, 4) is 5.75 Å². The number of carbonyl (C=O) groups is 1. The Morgan fingerprint density at radius 1 is 1.17 bits per heavy atom. The van der Waals surface area contributed by atoms with Gasteiger partial charge in [0.25, 0.3) is 5.91 Å². The number of ether oxygens (including phenoxy) is 1. The molecule has 0 radical (unpaired) electrons. The molecular weight excluding hydrogens is 388 g/mol. The number of para-hydroxylation sites is 2. The van der Waals surface area contributed by atoms with E-state index in [0.29, 0.717) is 30.5 Å². The number of hydrogen-bond donors (Lipinski definition) is 1. The van der Waals surface area contributed by atoms with E-state index in [-0.39, 0.29) is 5.91 Å². The third-order valence-corrected chi connectivity index (χ3v) is 5.53. The molecule has 0 aliphatic carbocycles. The first-order valence-electron chi connectivity index (χ1n) is 9.54. The number of aromatic nitrogens is 2. The maximum atomic E-state index is 12.2. The van der Waals surface area contributed by atoms with Crippen LogP contribution in [0.1, 0.15) is 16.8 Å². The molecule has 6 nitrogen and oxygen atoms in total. The molecule has 1 N–H and O–H groups in total. The summed E-state index contributed by atoms with van der Waals surface area (Å²) in [7, 11) is 1.62. The van der Waals surface area contributed by atoms with Crippen molar-refractivity contribution in [2.45, 2.75) is 26.1 Å². The number of carbonyl (C=O) groups excluding carboxylic acids is 1. The van der Waals surface area contributed by atoms with Gasteiger partial charge >= 0.3 is 0 Å². The van der Waals surface area contributed by atoms with Crippen LogP contribution in [0.15, 0.2) is 54.6 Å². The first kappa shape index (κ1) is 19.3. The molecule has 1 atom stereocenters. The maximum absolute atomic E-state index is 12.2. The largest absolute Gasteiger partial charge is 0.477 e. The molecule has 0 saturated carbocycles. The highest BCUT2D eigenvalue weighted by Gasteiger charge is 2.31. The van der Waals surface area contributed by atoms with Gasteiger partial charge in [-0.3, -0.25) is 4.79 Å². The lowest BCUT2D eigenvalue weighted by molar-refractivity contribution is -0.127. The Labute approximate surface area is 175 Å². The van der Waals surface area contributed by atoms with Crippen LogP contribution in [-0.2, 0) is 17.9 Å². The number of fused-ring (bicyclic) bond motifs is 1. The Bertz CT molecular complexity index is 1020. The second-order valence-corrected chi connectivity index (χ2v) is 7.43. The van der Waals surface area contributed by atoms with E-state index in [2.05, 4.69) is 27.4 Å². The van der Waals surface area contributed by atoms with Gasteiger partial charge in [-0.1, -0.05) is 54.1 Å². The Balaban J connectivity index is 1.62. The predicted molar refractivity (Wildman–Crippen MR) is 113 cm³/mol. The molecule has 0 fully saturated rings. The van der Waals surface area contributed by atoms with Crippen molar-refractivity contribution in [3.05, 3.63) is 76.6 Å². The second kappa shape index (κ2) is 8.17. The van der Waals surface area contributed by atoms with Gasteiger partial charge in [-0.15, -0.1) is 0 Å². The number of hydrogen-bond acceptors (Lipinski definition) is 4. The number of nitrogens with one attached hydrogen (secondary N) is 1. The maximum Gasteiger partial charge on any atom is 0.262 e. The van der Waals surface area contributed by atoms with Crippen LogP contribution >= 0.6 is 11.6 Å². The van der Waals surface area contributed by atoms with Crippen molar-refractivity contribution in [1.29, 1.82) is 0 Å². The fourth-order valence-corrected chi connectivity index (χ4v) is 3.87. The summed E-state index contributed by atoms with van der Waals surface area (Å²) in [5.41, 5.74) is 3.92. The van der Waals surface area contributed by atoms with E-state index < -0.39 is 6.10 Å². The highest BCUT2D eigenvalue weighted by Crippen LogP contribution is 2.35. The molecule has 1 amide bonds. The molecule has 0 bridgehead atoms. The van der Waals surface area contributed by atoms with Gasteiger partial charge in [-0.25, -0.2) is 4.68 Å². The van der Waals surface area contributed by atoms with Gasteiger partial charge in [0.2, 0.25) is 0 Å². The van der Waals surface area contributed by atoms with Crippen LogP contribution in [0.5, 0.6) is 5.75 Å². The van der Waals surface area contributed by atoms with E-state index in [1.54, 1.807) is 7.05 Å². The van der Waals surface area contributed by atoms with E-state index in [4.69, 9.17) is 16.3 Å². The summed E-state index contributed by atoms with van der Waals surface area (Å²) in [5, 5.41) is 7.93. The van der Waals surface area contributed by atoms with Crippen LogP contribution < -0.4 is 15.0 Å². The van der Waals surface area contributed by atoms with Gasteiger partial charge in [0.1, 0.15) is 10.9 Å². The quantitative estimate of drug-likeness (QED) is 0.700. The molecule has 2 heterocycles. The standard InChI is InChI=1S/C22H23ClN4O2/c1-15-17(21(23)27(25-15)12-16-8-4-3-5-9-16)13-26-14-20(22(28)24-2)29-19-11-7-6-10-18(19)26/h3-11,20H,12-14H2,1-2H3,(H,24,28)/t20-/m0/s1. The van der Waals surface area contributed by atoms with Crippen LogP contribution in [0.3, 0.4) is 0 Å². The van der Waals surface area contributed by atoms with E-state index in [1.807, 2.05) is 54.1 Å². The molecule has 1 aliphatic heterocycles. The molecule has 0 unspecified atom stereocenters. The number of likely N-dealkylation sites (N-methyl/N-ethyl adjacent to an activating group) is 1. The molecule has 29 heavy (non-hydrogen) atoms. The van der Waals surface area contributed by atoms with Gasteiger partial charge in [0, 0.05) is 19.2 Å². The first-order valence-corrected chi connectivity index (χ1v) is 9.92. The number of anilines is 1. The fourth-order valence-electron chi connectivity index (χ4n) is 3.58. The van der Waals surface area contributed by atoms with E-state index in [0.717, 1.165) is 22.5 Å². The van der Waals surface area contributed by atoms with Crippen molar-refractivity contribution in [2.24, 2.45) is 0 Å². The summed E-state index contributed by atoms with van der Waals surface area (Å²) in [5.74, 6) is 0.546. The lowest BCUT2D eigenvalue weighted by Gasteiger charge is -2.35. The lowest BCUT2D eigenvalue weighted by atomic mass is 10.1. The predicted octanol–water partition coefficient (Wildman–Crippen LogP) is 3.41. The van der Waals surface area contributed by atoms with Gasteiger partial charge in [-0.2, -0.15) is 5.10 Å². The van der Waals surface area contributed by atoms with Crippen molar-refractivity contribution >= 4 is 23.2 Å². The van der Waals surface area contributed by atoms with Crippen molar-refractivity contribution in [3.63, 3.8) is 0 Å². The van der Waals surface area contributed by atoms with Crippen LogP contribution in [0.25, 0.3) is 0 Å². The molecule has 3 aromatic rings. The fraction of sp³-hybridized carbons (Fsp3) is 0.273. The lowest BCUT2D eigenvalue weighted by Crippen LogP contribution is -2.48. The minimum atomic E-state index is -0.576. The highest BCUT2D eigenvalue weighted by molar-refractivity contribution is 6.30. The SMILES string of the molecule is CNC(=O)[C@@H]1CN(Cc2c(C)nn(Cc3ccccc3)c2Cl)c2ccccc2O1. The summed E-state index contributed by atoms with van der Waals surface area (Å²) >= 11 is 6.72. The highest BCUT2D eigenvalue weighted by atomic mass is 35.5. The van der Waals surface area contributed by atoms with Gasteiger partial charge in [0.15, 0.2) is 6.10 Å². The summed E-state index contributed by atoms with van der Waals surface area (Å²) in [4.78, 5) is 14.3.